The molecule has 1 amide bonds. The number of carbonyl (C=O) groups excluding carboxylic acids is 1. The lowest BCUT2D eigenvalue weighted by Gasteiger charge is -2.20. The van der Waals surface area contributed by atoms with Gasteiger partial charge in [0.2, 0.25) is 6.43 Å². The first-order valence-corrected chi connectivity index (χ1v) is 12.9. The molecule has 2 atom stereocenters. The summed E-state index contributed by atoms with van der Waals surface area (Å²) < 4.78 is 79.1. The van der Waals surface area contributed by atoms with E-state index in [1.165, 1.54) is 43.6 Å². The molecule has 2 aromatic carbocycles. The monoisotopic (exact) mass is 591 g/mol. The molecule has 4 aromatic rings. The summed E-state index contributed by atoms with van der Waals surface area (Å²) in [5.74, 6) is -1.64. The Kier molecular flexibility index (Phi) is 7.74. The van der Waals surface area contributed by atoms with Gasteiger partial charge in [0.05, 0.1) is 35.9 Å². The number of halogens is 6. The van der Waals surface area contributed by atoms with Crippen LogP contribution in [0.25, 0.3) is 22.2 Å². The first-order valence-electron chi connectivity index (χ1n) is 12.5. The average Bonchev–Trinajstić information content (AvgIpc) is 3.31. The SMILES string of the molecule is COc1cc(C(=O)NCC(c2cc3c(c(-c4ccc(C(F)(F)F)cc4)n2)OCC3C)C(F)F)cc2cc(Cl)cnc12. The third kappa shape index (κ3) is 5.76. The van der Waals surface area contributed by atoms with E-state index in [1.54, 1.807) is 6.07 Å². The topological polar surface area (TPSA) is 73.3 Å². The molecule has 214 valence electrons. The quantitative estimate of drug-likeness (QED) is 0.229. The molecular formula is C29H23ClF5N3O3. The van der Waals surface area contributed by atoms with Gasteiger partial charge in [0, 0.05) is 40.7 Å². The molecule has 2 aromatic heterocycles. The summed E-state index contributed by atoms with van der Waals surface area (Å²) >= 11 is 6.03. The second-order valence-electron chi connectivity index (χ2n) is 9.66. The lowest BCUT2D eigenvalue weighted by atomic mass is 9.95. The van der Waals surface area contributed by atoms with Crippen LogP contribution in [0.3, 0.4) is 0 Å². The molecule has 0 saturated heterocycles. The van der Waals surface area contributed by atoms with E-state index in [-0.39, 0.29) is 35.0 Å². The zero-order chi connectivity index (χ0) is 29.5. The smallest absolute Gasteiger partial charge is 0.416 e. The summed E-state index contributed by atoms with van der Waals surface area (Å²) in [4.78, 5) is 21.7. The standard InChI is InChI=1S/C29H23ClF5N3O3/c1-14-13-41-26-20(14)10-22(38-25(26)15-3-5-18(6-4-15)29(33,34)35)21(27(31)32)12-37-28(39)17-7-16-8-19(30)11-36-24(16)23(9-17)40-2/h3-11,14,21,27H,12-13H2,1-2H3,(H,37,39). The zero-order valence-electron chi connectivity index (χ0n) is 21.7. The highest BCUT2D eigenvalue weighted by Gasteiger charge is 2.33. The molecule has 0 radical (unpaired) electrons. The Morgan fingerprint density at radius 3 is 2.56 bits per heavy atom. The normalized spacial score (nSPS) is 15.5. The molecule has 41 heavy (non-hydrogen) atoms. The van der Waals surface area contributed by atoms with Gasteiger partial charge in [-0.05, 0) is 36.4 Å². The Bertz CT molecular complexity index is 1610. The Labute approximate surface area is 236 Å². The third-order valence-corrected chi connectivity index (χ3v) is 7.09. The fourth-order valence-electron chi connectivity index (χ4n) is 4.70. The third-order valence-electron chi connectivity index (χ3n) is 6.88. The Morgan fingerprint density at radius 2 is 1.90 bits per heavy atom. The van der Waals surface area contributed by atoms with Gasteiger partial charge in [-0.2, -0.15) is 13.2 Å². The van der Waals surface area contributed by atoms with Gasteiger partial charge in [0.1, 0.15) is 22.7 Å². The Balaban J connectivity index is 1.46. The van der Waals surface area contributed by atoms with Gasteiger partial charge in [-0.15, -0.1) is 0 Å². The van der Waals surface area contributed by atoms with Crippen molar-refractivity contribution in [1.29, 1.82) is 0 Å². The molecular weight excluding hydrogens is 569 g/mol. The lowest BCUT2D eigenvalue weighted by Crippen LogP contribution is -2.31. The Morgan fingerprint density at radius 1 is 1.17 bits per heavy atom. The van der Waals surface area contributed by atoms with Crippen LogP contribution in [0.2, 0.25) is 5.02 Å². The molecule has 1 N–H and O–H groups in total. The molecule has 0 saturated carbocycles. The van der Waals surface area contributed by atoms with Crippen LogP contribution < -0.4 is 14.8 Å². The largest absolute Gasteiger partial charge is 0.494 e. The van der Waals surface area contributed by atoms with Crippen LogP contribution >= 0.6 is 11.6 Å². The van der Waals surface area contributed by atoms with Gasteiger partial charge in [0.25, 0.3) is 5.91 Å². The van der Waals surface area contributed by atoms with Crippen molar-refractivity contribution in [3.8, 4) is 22.8 Å². The second kappa shape index (κ2) is 11.1. The first kappa shape index (κ1) is 28.5. The highest BCUT2D eigenvalue weighted by molar-refractivity contribution is 6.31. The van der Waals surface area contributed by atoms with Crippen LogP contribution in [-0.4, -0.2) is 42.6 Å². The van der Waals surface area contributed by atoms with Gasteiger partial charge in [-0.25, -0.2) is 13.8 Å². The Hall–Kier alpha value is -3.99. The van der Waals surface area contributed by atoms with E-state index in [0.717, 1.165) is 12.1 Å². The molecule has 0 bridgehead atoms. The van der Waals surface area contributed by atoms with Gasteiger partial charge < -0.3 is 14.8 Å². The van der Waals surface area contributed by atoms with E-state index in [0.29, 0.717) is 33.0 Å². The number of fused-ring (bicyclic) bond motifs is 2. The number of benzene rings is 2. The van der Waals surface area contributed by atoms with E-state index >= 15 is 0 Å². The molecule has 5 rings (SSSR count). The molecule has 0 fully saturated rings. The summed E-state index contributed by atoms with van der Waals surface area (Å²) in [6.07, 6.45) is -6.00. The highest BCUT2D eigenvalue weighted by Crippen LogP contribution is 2.43. The number of alkyl halides is 5. The van der Waals surface area contributed by atoms with Crippen molar-refractivity contribution in [3.63, 3.8) is 0 Å². The number of rotatable bonds is 7. The maximum Gasteiger partial charge on any atom is 0.416 e. The molecule has 0 aliphatic carbocycles. The van der Waals surface area contributed by atoms with E-state index in [2.05, 4.69) is 15.3 Å². The van der Waals surface area contributed by atoms with Crippen molar-refractivity contribution in [1.82, 2.24) is 15.3 Å². The van der Waals surface area contributed by atoms with Crippen molar-refractivity contribution >= 4 is 28.4 Å². The summed E-state index contributed by atoms with van der Waals surface area (Å²) in [5, 5.41) is 3.42. The maximum atomic E-state index is 14.4. The predicted octanol–water partition coefficient (Wildman–Crippen LogP) is 7.25. The van der Waals surface area contributed by atoms with E-state index < -0.39 is 36.5 Å². The number of aromatic nitrogens is 2. The minimum absolute atomic E-state index is 0.0154. The molecule has 0 spiro atoms. The molecule has 2 unspecified atom stereocenters. The summed E-state index contributed by atoms with van der Waals surface area (Å²) in [7, 11) is 1.41. The minimum atomic E-state index is -4.53. The highest BCUT2D eigenvalue weighted by atomic mass is 35.5. The number of carbonyl (C=O) groups is 1. The van der Waals surface area contributed by atoms with Crippen molar-refractivity contribution in [2.45, 2.75) is 31.4 Å². The van der Waals surface area contributed by atoms with Crippen molar-refractivity contribution in [3.05, 3.63) is 82.1 Å². The number of pyridine rings is 2. The number of amides is 1. The zero-order valence-corrected chi connectivity index (χ0v) is 22.5. The van der Waals surface area contributed by atoms with E-state index in [4.69, 9.17) is 21.1 Å². The maximum absolute atomic E-state index is 14.4. The van der Waals surface area contributed by atoms with E-state index in [9.17, 15) is 26.7 Å². The van der Waals surface area contributed by atoms with Gasteiger partial charge in [-0.1, -0.05) is 30.7 Å². The van der Waals surface area contributed by atoms with Crippen LogP contribution in [0.5, 0.6) is 11.5 Å². The molecule has 1 aliphatic rings. The van der Waals surface area contributed by atoms with Crippen LogP contribution in [-0.2, 0) is 6.18 Å². The predicted molar refractivity (Wildman–Crippen MR) is 143 cm³/mol. The number of nitrogens with one attached hydrogen (secondary N) is 1. The fourth-order valence-corrected chi connectivity index (χ4v) is 4.86. The molecule has 6 nitrogen and oxygen atoms in total. The first-order chi connectivity index (χ1) is 19.5. The van der Waals surface area contributed by atoms with Gasteiger partial charge in [0.15, 0.2) is 0 Å². The van der Waals surface area contributed by atoms with E-state index in [1.807, 2.05) is 6.92 Å². The van der Waals surface area contributed by atoms with Crippen LogP contribution in [0.15, 0.2) is 54.7 Å². The average molecular weight is 592 g/mol. The van der Waals surface area contributed by atoms with Crippen LogP contribution in [0.1, 0.15) is 45.9 Å². The van der Waals surface area contributed by atoms with Gasteiger partial charge >= 0.3 is 6.18 Å². The molecule has 12 heteroatoms. The number of hydrogen-bond acceptors (Lipinski definition) is 5. The number of nitrogens with zero attached hydrogens (tertiary/aromatic N) is 2. The molecule has 3 heterocycles. The second-order valence-corrected chi connectivity index (χ2v) is 10.1. The van der Waals surface area contributed by atoms with Crippen LogP contribution in [0.4, 0.5) is 22.0 Å². The molecule has 1 aliphatic heterocycles. The summed E-state index contributed by atoms with van der Waals surface area (Å²) in [6.45, 7) is 1.66. The number of methoxy groups -OCH3 is 1. The minimum Gasteiger partial charge on any atom is -0.494 e. The van der Waals surface area contributed by atoms with Crippen molar-refractivity contribution < 1.29 is 36.2 Å². The van der Waals surface area contributed by atoms with Crippen LogP contribution in [0, 0.1) is 0 Å². The summed E-state index contributed by atoms with van der Waals surface area (Å²) in [6, 6.07) is 10.4. The number of ether oxygens (including phenoxy) is 2. The van der Waals surface area contributed by atoms with Crippen molar-refractivity contribution in [2.75, 3.05) is 20.3 Å². The number of hydrogen-bond donors (Lipinski definition) is 1. The van der Waals surface area contributed by atoms with Crippen molar-refractivity contribution in [2.24, 2.45) is 0 Å². The summed E-state index contributed by atoms with van der Waals surface area (Å²) in [5.41, 5.74) is 0.840. The van der Waals surface area contributed by atoms with Gasteiger partial charge in [-0.3, -0.25) is 9.78 Å². The fraction of sp³-hybridized carbons (Fsp3) is 0.276. The lowest BCUT2D eigenvalue weighted by molar-refractivity contribution is -0.137.